The second-order valence-corrected chi connectivity index (χ2v) is 1.75. The maximum Gasteiger partial charge on any atom is 0.214 e. The number of aldehydes is 1. The lowest BCUT2D eigenvalue weighted by Gasteiger charge is -1.94. The fourth-order valence-corrected chi connectivity index (χ4v) is 0.553. The van der Waals surface area contributed by atoms with Gasteiger partial charge in [0, 0.05) is 18.0 Å². The van der Waals surface area contributed by atoms with Gasteiger partial charge >= 0.3 is 0 Å². The summed E-state index contributed by atoms with van der Waals surface area (Å²) in [6.45, 7) is 0. The molecule has 1 rings (SSSR count). The van der Waals surface area contributed by atoms with E-state index in [1.54, 1.807) is 0 Å². The van der Waals surface area contributed by atoms with Gasteiger partial charge in [-0.25, -0.2) is 4.98 Å². The van der Waals surface area contributed by atoms with Gasteiger partial charge in [0.15, 0.2) is 6.29 Å². The minimum atomic E-state index is -0.678. The number of hydrogen-bond acceptors (Lipinski definition) is 3. The molecule has 0 unspecified atom stereocenters. The molecule has 1 heterocycles. The van der Waals surface area contributed by atoms with E-state index in [0.29, 0.717) is 6.29 Å². The highest BCUT2D eigenvalue weighted by Gasteiger charge is 1.98. The summed E-state index contributed by atoms with van der Waals surface area (Å²) in [6.07, 6.45) is 1.62. The van der Waals surface area contributed by atoms with Crippen LogP contribution in [0, 0.1) is 5.95 Å². The van der Waals surface area contributed by atoms with Gasteiger partial charge in [0.25, 0.3) is 0 Å². The average Bonchev–Trinajstić information content (AvgIpc) is 1.88. The van der Waals surface area contributed by atoms with E-state index < -0.39 is 5.95 Å². The predicted molar refractivity (Wildman–Crippen MR) is 34.0 cm³/mol. The van der Waals surface area contributed by atoms with Gasteiger partial charge in [0.1, 0.15) is 0 Å². The third-order valence-electron chi connectivity index (χ3n) is 1.06. The van der Waals surface area contributed by atoms with E-state index in [1.165, 1.54) is 0 Å². The van der Waals surface area contributed by atoms with Crippen molar-refractivity contribution in [3.05, 3.63) is 23.8 Å². The minimum Gasteiger partial charge on any atom is -0.398 e. The Kier molecular flexibility index (Phi) is 1.62. The average molecular weight is 140 g/mol. The standard InChI is InChI=1S/C6H5FN2O/c7-6-1-5(8)4(3-10)2-9-6/h1-3H,(H2,8,9). The van der Waals surface area contributed by atoms with E-state index in [2.05, 4.69) is 4.98 Å². The van der Waals surface area contributed by atoms with Gasteiger partial charge < -0.3 is 5.73 Å². The number of nitrogens with two attached hydrogens (primary N) is 1. The van der Waals surface area contributed by atoms with Gasteiger partial charge in [0.2, 0.25) is 5.95 Å². The number of hydrogen-bond donors (Lipinski definition) is 1. The van der Waals surface area contributed by atoms with Crippen LogP contribution < -0.4 is 5.73 Å². The number of halogens is 1. The first-order chi connectivity index (χ1) is 4.74. The van der Waals surface area contributed by atoms with Crippen molar-refractivity contribution in [2.75, 3.05) is 5.73 Å². The second kappa shape index (κ2) is 2.43. The van der Waals surface area contributed by atoms with E-state index in [4.69, 9.17) is 5.73 Å². The predicted octanol–water partition coefficient (Wildman–Crippen LogP) is 0.615. The normalized spacial score (nSPS) is 9.30. The molecule has 0 saturated carbocycles. The maximum absolute atomic E-state index is 12.2. The van der Waals surface area contributed by atoms with Crippen LogP contribution in [0.5, 0.6) is 0 Å². The number of carbonyl (C=O) groups excluding carboxylic acids is 1. The van der Waals surface area contributed by atoms with E-state index in [9.17, 15) is 9.18 Å². The van der Waals surface area contributed by atoms with Crippen LogP contribution in [0.4, 0.5) is 10.1 Å². The highest BCUT2D eigenvalue weighted by molar-refractivity contribution is 5.82. The van der Waals surface area contributed by atoms with Gasteiger partial charge in [-0.1, -0.05) is 0 Å². The van der Waals surface area contributed by atoms with Gasteiger partial charge in [-0.15, -0.1) is 0 Å². The molecule has 0 aliphatic heterocycles. The van der Waals surface area contributed by atoms with Crippen LogP contribution in [0.25, 0.3) is 0 Å². The molecule has 1 aromatic rings. The molecule has 4 heteroatoms. The molecule has 0 bridgehead atoms. The topological polar surface area (TPSA) is 56.0 Å². The summed E-state index contributed by atoms with van der Waals surface area (Å²) in [6, 6.07) is 1.00. The van der Waals surface area contributed by atoms with Crippen molar-refractivity contribution < 1.29 is 9.18 Å². The maximum atomic E-state index is 12.2. The minimum absolute atomic E-state index is 0.113. The Balaban J connectivity index is 3.19. The van der Waals surface area contributed by atoms with Gasteiger partial charge in [-0.3, -0.25) is 4.79 Å². The Morgan fingerprint density at radius 1 is 1.70 bits per heavy atom. The molecule has 0 aliphatic carbocycles. The molecule has 0 spiro atoms. The summed E-state index contributed by atoms with van der Waals surface area (Å²) in [5, 5.41) is 0. The number of carbonyl (C=O) groups is 1. The highest BCUT2D eigenvalue weighted by atomic mass is 19.1. The van der Waals surface area contributed by atoms with Crippen molar-refractivity contribution in [2.45, 2.75) is 0 Å². The molecule has 0 amide bonds. The quantitative estimate of drug-likeness (QED) is 0.459. The summed E-state index contributed by atoms with van der Waals surface area (Å²) in [4.78, 5) is 13.3. The van der Waals surface area contributed by atoms with Crippen molar-refractivity contribution in [2.24, 2.45) is 0 Å². The third kappa shape index (κ3) is 1.10. The summed E-state index contributed by atoms with van der Waals surface area (Å²) in [5.41, 5.74) is 5.54. The number of nitrogens with zero attached hydrogens (tertiary/aromatic N) is 1. The molecular weight excluding hydrogens is 135 g/mol. The molecule has 0 atom stereocenters. The van der Waals surface area contributed by atoms with E-state index in [-0.39, 0.29) is 11.3 Å². The molecule has 1 aromatic heterocycles. The lowest BCUT2D eigenvalue weighted by molar-refractivity contribution is 0.112. The Labute approximate surface area is 56.7 Å². The lowest BCUT2D eigenvalue weighted by Crippen LogP contribution is -1.95. The zero-order valence-electron chi connectivity index (χ0n) is 5.04. The zero-order valence-corrected chi connectivity index (χ0v) is 5.04. The van der Waals surface area contributed by atoms with Gasteiger partial charge in [-0.05, 0) is 0 Å². The summed E-state index contributed by atoms with van der Waals surface area (Å²) in [5.74, 6) is -0.678. The van der Waals surface area contributed by atoms with Crippen LogP contribution in [0.15, 0.2) is 12.3 Å². The van der Waals surface area contributed by atoms with Crippen LogP contribution in [-0.4, -0.2) is 11.3 Å². The molecular formula is C6H5FN2O. The fourth-order valence-electron chi connectivity index (χ4n) is 0.553. The third-order valence-corrected chi connectivity index (χ3v) is 1.06. The largest absolute Gasteiger partial charge is 0.398 e. The summed E-state index contributed by atoms with van der Waals surface area (Å²) >= 11 is 0. The monoisotopic (exact) mass is 140 g/mol. The van der Waals surface area contributed by atoms with Crippen LogP contribution in [0.2, 0.25) is 0 Å². The van der Waals surface area contributed by atoms with E-state index in [0.717, 1.165) is 12.3 Å². The molecule has 2 N–H and O–H groups in total. The lowest BCUT2D eigenvalue weighted by atomic mass is 10.3. The molecule has 0 aliphatic rings. The highest BCUT2D eigenvalue weighted by Crippen LogP contribution is 2.07. The number of pyridine rings is 1. The van der Waals surface area contributed by atoms with Crippen LogP contribution >= 0.6 is 0 Å². The Hall–Kier alpha value is -1.45. The summed E-state index contributed by atoms with van der Waals surface area (Å²) in [7, 11) is 0. The van der Waals surface area contributed by atoms with E-state index >= 15 is 0 Å². The van der Waals surface area contributed by atoms with Crippen molar-refractivity contribution in [3.63, 3.8) is 0 Å². The van der Waals surface area contributed by atoms with Crippen molar-refractivity contribution >= 4 is 12.0 Å². The number of nitrogen functional groups attached to an aromatic ring is 1. The molecule has 0 fully saturated rings. The molecule has 0 aromatic carbocycles. The molecule has 3 nitrogen and oxygen atoms in total. The van der Waals surface area contributed by atoms with E-state index in [1.807, 2.05) is 0 Å². The summed E-state index contributed by atoms with van der Waals surface area (Å²) < 4.78 is 12.2. The first-order valence-corrected chi connectivity index (χ1v) is 2.60. The first kappa shape index (κ1) is 6.67. The van der Waals surface area contributed by atoms with Crippen LogP contribution in [0.1, 0.15) is 10.4 Å². The first-order valence-electron chi connectivity index (χ1n) is 2.60. The fraction of sp³-hybridized carbons (Fsp3) is 0. The molecule has 10 heavy (non-hydrogen) atoms. The van der Waals surface area contributed by atoms with Crippen molar-refractivity contribution in [1.82, 2.24) is 4.98 Å². The van der Waals surface area contributed by atoms with Crippen molar-refractivity contribution in [3.8, 4) is 0 Å². The van der Waals surface area contributed by atoms with Crippen molar-refractivity contribution in [1.29, 1.82) is 0 Å². The zero-order chi connectivity index (χ0) is 7.56. The SMILES string of the molecule is Nc1cc(F)ncc1C=O. The Morgan fingerprint density at radius 3 is 2.90 bits per heavy atom. The molecule has 52 valence electrons. The van der Waals surface area contributed by atoms with Gasteiger partial charge in [0.05, 0.1) is 5.56 Å². The smallest absolute Gasteiger partial charge is 0.214 e. The van der Waals surface area contributed by atoms with Gasteiger partial charge in [-0.2, -0.15) is 4.39 Å². The number of rotatable bonds is 1. The Morgan fingerprint density at radius 2 is 2.40 bits per heavy atom. The van der Waals surface area contributed by atoms with Crippen LogP contribution in [-0.2, 0) is 0 Å². The molecule has 0 radical (unpaired) electrons. The van der Waals surface area contributed by atoms with Crippen LogP contribution in [0.3, 0.4) is 0 Å². The number of aromatic nitrogens is 1. The Bertz CT molecular complexity index is 262. The molecule has 0 saturated heterocycles. The second-order valence-electron chi connectivity index (χ2n) is 1.75. The number of anilines is 1.